The summed E-state index contributed by atoms with van der Waals surface area (Å²) in [5.74, 6) is 0.576. The maximum Gasteiger partial charge on any atom is 0.360 e. The highest BCUT2D eigenvalue weighted by Gasteiger charge is 2.32. The van der Waals surface area contributed by atoms with Crippen LogP contribution in [0.1, 0.15) is 47.1 Å². The van der Waals surface area contributed by atoms with E-state index < -0.39 is 5.97 Å². The van der Waals surface area contributed by atoms with Crippen LogP contribution in [0.2, 0.25) is 0 Å². The molecule has 1 atom stereocenters. The molecule has 22 heavy (non-hydrogen) atoms. The molecule has 0 saturated heterocycles. The van der Waals surface area contributed by atoms with E-state index in [9.17, 15) is 4.79 Å². The Balaban J connectivity index is 1.78. The molecule has 1 aromatic heterocycles. The highest BCUT2D eigenvalue weighted by Crippen LogP contribution is 2.32. The van der Waals surface area contributed by atoms with Gasteiger partial charge in [-0.05, 0) is 18.4 Å². The minimum atomic E-state index is -0.393. The highest BCUT2D eigenvalue weighted by atomic mass is 16.5. The number of rotatable bonds is 4. The van der Waals surface area contributed by atoms with E-state index in [0.29, 0.717) is 18.8 Å². The first-order valence-corrected chi connectivity index (χ1v) is 7.61. The predicted octanol–water partition coefficient (Wildman–Crippen LogP) is 2.97. The molecule has 3 rings (SSSR count). The molecule has 0 bridgehead atoms. The molecule has 0 N–H and O–H groups in total. The molecule has 2 heterocycles. The number of nitrogens with zero attached hydrogens (tertiary/aromatic N) is 2. The van der Waals surface area contributed by atoms with Crippen molar-refractivity contribution in [1.29, 1.82) is 0 Å². The van der Waals surface area contributed by atoms with Crippen LogP contribution in [0.3, 0.4) is 0 Å². The van der Waals surface area contributed by atoms with Crippen LogP contribution in [0.25, 0.3) is 0 Å². The standard InChI is InChI=1S/C17H20N2O3/c1-3-21-17(20)16-15-12(2)9-19(11-14(15)22-18-16)10-13-7-5-4-6-8-13/h4-8,12H,3,9-11H2,1-2H3. The Morgan fingerprint density at radius 1 is 1.41 bits per heavy atom. The van der Waals surface area contributed by atoms with Crippen LogP contribution in [0, 0.1) is 0 Å². The maximum absolute atomic E-state index is 11.9. The van der Waals surface area contributed by atoms with E-state index in [1.54, 1.807) is 6.92 Å². The fourth-order valence-corrected chi connectivity index (χ4v) is 3.01. The van der Waals surface area contributed by atoms with Crippen molar-refractivity contribution in [1.82, 2.24) is 10.1 Å². The van der Waals surface area contributed by atoms with Gasteiger partial charge < -0.3 is 9.26 Å². The van der Waals surface area contributed by atoms with Gasteiger partial charge in [-0.1, -0.05) is 42.4 Å². The number of ether oxygens (including phenoxy) is 1. The second-order valence-corrected chi connectivity index (χ2v) is 5.64. The zero-order valence-electron chi connectivity index (χ0n) is 12.9. The minimum absolute atomic E-state index is 0.193. The molecule has 1 aromatic carbocycles. The van der Waals surface area contributed by atoms with E-state index in [1.165, 1.54) is 5.56 Å². The first-order valence-electron chi connectivity index (χ1n) is 7.61. The van der Waals surface area contributed by atoms with Crippen LogP contribution in [0.4, 0.5) is 0 Å². The van der Waals surface area contributed by atoms with Gasteiger partial charge in [-0.25, -0.2) is 4.79 Å². The predicted molar refractivity (Wildman–Crippen MR) is 81.4 cm³/mol. The van der Waals surface area contributed by atoms with Crippen molar-refractivity contribution in [2.75, 3.05) is 13.2 Å². The monoisotopic (exact) mass is 300 g/mol. The molecule has 0 aliphatic carbocycles. The van der Waals surface area contributed by atoms with Crippen molar-refractivity contribution in [3.05, 3.63) is 52.9 Å². The Morgan fingerprint density at radius 3 is 2.91 bits per heavy atom. The van der Waals surface area contributed by atoms with E-state index in [2.05, 4.69) is 29.1 Å². The summed E-state index contributed by atoms with van der Waals surface area (Å²) in [6, 6.07) is 10.3. The number of aromatic nitrogens is 1. The summed E-state index contributed by atoms with van der Waals surface area (Å²) < 4.78 is 10.4. The third-order valence-corrected chi connectivity index (χ3v) is 3.91. The van der Waals surface area contributed by atoms with E-state index in [0.717, 1.165) is 24.4 Å². The van der Waals surface area contributed by atoms with Crippen molar-refractivity contribution < 1.29 is 14.1 Å². The largest absolute Gasteiger partial charge is 0.461 e. The van der Waals surface area contributed by atoms with Crippen molar-refractivity contribution >= 4 is 5.97 Å². The molecule has 0 amide bonds. The van der Waals surface area contributed by atoms with Crippen molar-refractivity contribution in [2.45, 2.75) is 32.9 Å². The third-order valence-electron chi connectivity index (χ3n) is 3.91. The summed E-state index contributed by atoms with van der Waals surface area (Å²) in [6.07, 6.45) is 0. The van der Waals surface area contributed by atoms with Crippen LogP contribution in [-0.4, -0.2) is 29.2 Å². The van der Waals surface area contributed by atoms with Gasteiger partial charge in [-0.2, -0.15) is 0 Å². The Bertz CT molecular complexity index is 651. The average Bonchev–Trinajstić information content (AvgIpc) is 2.93. The second kappa shape index (κ2) is 6.32. The summed E-state index contributed by atoms with van der Waals surface area (Å²) in [6.45, 7) is 6.62. The van der Waals surface area contributed by atoms with Crippen LogP contribution >= 0.6 is 0 Å². The molecular weight excluding hydrogens is 280 g/mol. The first-order chi connectivity index (χ1) is 10.7. The number of fused-ring (bicyclic) bond motifs is 1. The molecular formula is C17H20N2O3. The average molecular weight is 300 g/mol. The van der Waals surface area contributed by atoms with Crippen molar-refractivity contribution in [2.24, 2.45) is 0 Å². The Morgan fingerprint density at radius 2 is 2.18 bits per heavy atom. The summed E-state index contributed by atoms with van der Waals surface area (Å²) in [5, 5.41) is 3.93. The SMILES string of the molecule is CCOC(=O)c1noc2c1C(C)CN(Cc1ccccc1)C2. The summed E-state index contributed by atoms with van der Waals surface area (Å²) in [4.78, 5) is 14.2. The lowest BCUT2D eigenvalue weighted by atomic mass is 9.94. The van der Waals surface area contributed by atoms with Gasteiger partial charge in [-0.15, -0.1) is 0 Å². The molecule has 1 aliphatic heterocycles. The highest BCUT2D eigenvalue weighted by molar-refractivity contribution is 5.89. The van der Waals surface area contributed by atoms with Crippen LogP contribution in [0.5, 0.6) is 0 Å². The summed E-state index contributed by atoms with van der Waals surface area (Å²) in [7, 11) is 0. The van der Waals surface area contributed by atoms with Gasteiger partial charge in [0.25, 0.3) is 0 Å². The lowest BCUT2D eigenvalue weighted by molar-refractivity contribution is 0.0513. The number of carbonyl (C=O) groups is 1. The number of benzene rings is 1. The fourth-order valence-electron chi connectivity index (χ4n) is 3.01. The normalized spacial score (nSPS) is 18.0. The zero-order valence-corrected chi connectivity index (χ0v) is 12.9. The molecule has 5 heteroatoms. The molecule has 2 aromatic rings. The van der Waals surface area contributed by atoms with Crippen LogP contribution in [-0.2, 0) is 17.8 Å². The van der Waals surface area contributed by atoms with Crippen molar-refractivity contribution in [3.8, 4) is 0 Å². The zero-order chi connectivity index (χ0) is 15.5. The van der Waals surface area contributed by atoms with Gasteiger partial charge >= 0.3 is 5.97 Å². The molecule has 5 nitrogen and oxygen atoms in total. The lowest BCUT2D eigenvalue weighted by Gasteiger charge is -2.29. The molecule has 0 saturated carbocycles. The van der Waals surface area contributed by atoms with Crippen molar-refractivity contribution in [3.63, 3.8) is 0 Å². The lowest BCUT2D eigenvalue weighted by Crippen LogP contribution is -2.32. The topological polar surface area (TPSA) is 55.6 Å². The fraction of sp³-hybridized carbons (Fsp3) is 0.412. The van der Waals surface area contributed by atoms with Crippen LogP contribution < -0.4 is 0 Å². The van der Waals surface area contributed by atoms with E-state index in [1.807, 2.05) is 18.2 Å². The Hall–Kier alpha value is -2.14. The molecule has 1 unspecified atom stereocenters. The van der Waals surface area contributed by atoms with E-state index >= 15 is 0 Å². The van der Waals surface area contributed by atoms with Crippen LogP contribution in [0.15, 0.2) is 34.9 Å². The van der Waals surface area contributed by atoms with Gasteiger partial charge in [0.05, 0.1) is 13.2 Å². The number of esters is 1. The summed E-state index contributed by atoms with van der Waals surface area (Å²) >= 11 is 0. The van der Waals surface area contributed by atoms with Gasteiger partial charge in [0.2, 0.25) is 0 Å². The number of carbonyl (C=O) groups excluding carboxylic acids is 1. The third kappa shape index (κ3) is 2.90. The first kappa shape index (κ1) is 14.8. The molecule has 0 spiro atoms. The second-order valence-electron chi connectivity index (χ2n) is 5.64. The van der Waals surface area contributed by atoms with E-state index in [4.69, 9.17) is 9.26 Å². The molecule has 0 fully saturated rings. The smallest absolute Gasteiger partial charge is 0.360 e. The quantitative estimate of drug-likeness (QED) is 0.813. The molecule has 116 valence electrons. The summed E-state index contributed by atoms with van der Waals surface area (Å²) in [5.41, 5.74) is 2.51. The Labute approximate surface area is 129 Å². The van der Waals surface area contributed by atoms with E-state index in [-0.39, 0.29) is 5.92 Å². The van der Waals surface area contributed by atoms with Gasteiger partial charge in [0.1, 0.15) is 0 Å². The molecule has 0 radical (unpaired) electrons. The minimum Gasteiger partial charge on any atom is -0.461 e. The van der Waals surface area contributed by atoms with Gasteiger partial charge in [0.15, 0.2) is 11.5 Å². The van der Waals surface area contributed by atoms with Gasteiger partial charge in [0, 0.05) is 18.7 Å². The maximum atomic E-state index is 11.9. The Kier molecular flexibility index (Phi) is 4.24. The van der Waals surface area contributed by atoms with Gasteiger partial charge in [-0.3, -0.25) is 4.90 Å². The number of hydrogen-bond acceptors (Lipinski definition) is 5. The number of hydrogen-bond donors (Lipinski definition) is 0. The molecule has 1 aliphatic rings.